The van der Waals surface area contributed by atoms with Gasteiger partial charge in [0.25, 0.3) is 0 Å². The molecule has 0 radical (unpaired) electrons. The van der Waals surface area contributed by atoms with Crippen molar-refractivity contribution in [3.63, 3.8) is 0 Å². The maximum Gasteiger partial charge on any atom is 0.223 e. The van der Waals surface area contributed by atoms with Crippen molar-refractivity contribution >= 4 is 28.8 Å². The van der Waals surface area contributed by atoms with Crippen LogP contribution in [-0.2, 0) is 17.6 Å². The molecular formula is C18H21ClN2O2S. The Bertz CT molecular complexity index is 676. The first-order valence-corrected chi connectivity index (χ1v) is 9.61. The van der Waals surface area contributed by atoms with Crippen molar-refractivity contribution in [3.05, 3.63) is 34.8 Å². The molecule has 4 nitrogen and oxygen atoms in total. The lowest BCUT2D eigenvalue weighted by molar-refractivity contribution is -0.124. The smallest absolute Gasteiger partial charge is 0.223 e. The molecule has 6 heteroatoms. The second kappa shape index (κ2) is 7.99. The van der Waals surface area contributed by atoms with E-state index in [1.54, 1.807) is 11.3 Å². The lowest BCUT2D eigenvalue weighted by Crippen LogP contribution is -2.30. The van der Waals surface area contributed by atoms with E-state index in [9.17, 15) is 4.79 Å². The Morgan fingerprint density at radius 1 is 1.38 bits per heavy atom. The summed E-state index contributed by atoms with van der Waals surface area (Å²) < 4.78 is 5.62. The van der Waals surface area contributed by atoms with Crippen molar-refractivity contribution in [2.75, 3.05) is 19.0 Å². The number of carbonyl (C=O) groups excluding carboxylic acids is 1. The number of alkyl halides is 1. The summed E-state index contributed by atoms with van der Waals surface area (Å²) in [4.78, 5) is 17.9. The Labute approximate surface area is 151 Å². The van der Waals surface area contributed by atoms with Gasteiger partial charge in [0, 0.05) is 35.2 Å². The van der Waals surface area contributed by atoms with Gasteiger partial charge < -0.3 is 10.1 Å². The molecule has 1 aliphatic rings. The molecule has 0 saturated heterocycles. The van der Waals surface area contributed by atoms with Crippen molar-refractivity contribution < 1.29 is 9.53 Å². The zero-order valence-electron chi connectivity index (χ0n) is 13.7. The van der Waals surface area contributed by atoms with Crippen LogP contribution < -0.4 is 10.1 Å². The Morgan fingerprint density at radius 2 is 2.17 bits per heavy atom. The summed E-state index contributed by atoms with van der Waals surface area (Å²) in [5, 5.41) is 3.92. The van der Waals surface area contributed by atoms with E-state index in [1.807, 2.05) is 31.2 Å². The van der Waals surface area contributed by atoms with Crippen molar-refractivity contribution in [2.45, 2.75) is 26.2 Å². The van der Waals surface area contributed by atoms with Crippen LogP contribution in [0, 0.1) is 5.92 Å². The number of halogens is 1. The van der Waals surface area contributed by atoms with E-state index in [-0.39, 0.29) is 11.8 Å². The molecule has 24 heavy (non-hydrogen) atoms. The van der Waals surface area contributed by atoms with Crippen LogP contribution in [0.1, 0.15) is 23.9 Å². The summed E-state index contributed by atoms with van der Waals surface area (Å²) in [6, 6.07) is 8.00. The number of nitrogens with one attached hydrogen (secondary N) is 1. The molecule has 0 bridgehead atoms. The minimum absolute atomic E-state index is 0.0467. The first kappa shape index (κ1) is 17.2. The largest absolute Gasteiger partial charge is 0.494 e. The van der Waals surface area contributed by atoms with Crippen LogP contribution in [0.2, 0.25) is 0 Å². The van der Waals surface area contributed by atoms with Gasteiger partial charge in [-0.3, -0.25) is 4.79 Å². The maximum atomic E-state index is 12.0. The van der Waals surface area contributed by atoms with Gasteiger partial charge in [0.15, 0.2) is 0 Å². The highest BCUT2D eigenvalue weighted by molar-refractivity contribution is 7.15. The molecule has 0 fully saturated rings. The third kappa shape index (κ3) is 3.90. The van der Waals surface area contributed by atoms with E-state index < -0.39 is 0 Å². The van der Waals surface area contributed by atoms with Crippen LogP contribution in [0.15, 0.2) is 24.3 Å². The molecule has 1 amide bonds. The third-order valence-corrected chi connectivity index (χ3v) is 5.46. The molecule has 1 unspecified atom stereocenters. The van der Waals surface area contributed by atoms with Gasteiger partial charge in [-0.1, -0.05) is 0 Å². The summed E-state index contributed by atoms with van der Waals surface area (Å²) in [5.74, 6) is 1.65. The minimum Gasteiger partial charge on any atom is -0.494 e. The van der Waals surface area contributed by atoms with E-state index >= 15 is 0 Å². The fraction of sp³-hybridized carbons (Fsp3) is 0.444. The van der Waals surface area contributed by atoms with Gasteiger partial charge in [0.2, 0.25) is 5.91 Å². The van der Waals surface area contributed by atoms with Gasteiger partial charge >= 0.3 is 0 Å². The first-order chi connectivity index (χ1) is 11.7. The van der Waals surface area contributed by atoms with E-state index in [1.165, 1.54) is 4.88 Å². The Hall–Kier alpha value is -1.59. The summed E-state index contributed by atoms with van der Waals surface area (Å²) >= 11 is 7.34. The highest BCUT2D eigenvalue weighted by Gasteiger charge is 2.30. The Morgan fingerprint density at radius 3 is 2.83 bits per heavy atom. The van der Waals surface area contributed by atoms with Crippen molar-refractivity contribution in [3.8, 4) is 16.3 Å². The number of hydrogen-bond acceptors (Lipinski definition) is 4. The fourth-order valence-electron chi connectivity index (χ4n) is 2.80. The van der Waals surface area contributed by atoms with E-state index in [0.29, 0.717) is 19.0 Å². The van der Waals surface area contributed by atoms with Gasteiger partial charge in [0.05, 0.1) is 12.3 Å². The third-order valence-electron chi connectivity index (χ3n) is 4.02. The van der Waals surface area contributed by atoms with Crippen LogP contribution >= 0.6 is 22.9 Å². The van der Waals surface area contributed by atoms with E-state index in [4.69, 9.17) is 21.3 Å². The zero-order valence-corrected chi connectivity index (χ0v) is 15.3. The predicted octanol–water partition coefficient (Wildman–Crippen LogP) is 3.67. The second-order valence-electron chi connectivity index (χ2n) is 5.80. The fourth-order valence-corrected chi connectivity index (χ4v) is 4.08. The van der Waals surface area contributed by atoms with E-state index in [2.05, 4.69) is 5.32 Å². The standard InChI is InChI=1S/C18H21ClN2O2S/c1-2-20-17(22)13-10-15-16(11-13)24-18(21-15)12-4-6-14(7-5-12)23-9-3-8-19/h4-7,13H,2-3,8-11H2,1H3,(H,20,22). The number of ether oxygens (including phenoxy) is 1. The summed E-state index contributed by atoms with van der Waals surface area (Å²) in [5.41, 5.74) is 2.17. The van der Waals surface area contributed by atoms with Gasteiger partial charge in [-0.05, 0) is 44.0 Å². The normalized spacial score (nSPS) is 16.0. The first-order valence-electron chi connectivity index (χ1n) is 8.26. The number of carbonyl (C=O) groups is 1. The van der Waals surface area contributed by atoms with Crippen LogP contribution in [-0.4, -0.2) is 29.9 Å². The van der Waals surface area contributed by atoms with Crippen molar-refractivity contribution in [2.24, 2.45) is 5.92 Å². The lowest BCUT2D eigenvalue weighted by Gasteiger charge is -2.08. The van der Waals surface area contributed by atoms with Crippen LogP contribution in [0.4, 0.5) is 0 Å². The minimum atomic E-state index is 0.0467. The molecule has 1 atom stereocenters. The van der Waals surface area contributed by atoms with Gasteiger partial charge in [0.1, 0.15) is 10.8 Å². The monoisotopic (exact) mass is 364 g/mol. The average molecular weight is 365 g/mol. The molecule has 1 aromatic carbocycles. The number of thiazole rings is 1. The molecule has 0 spiro atoms. The summed E-state index contributed by atoms with van der Waals surface area (Å²) in [7, 11) is 0. The molecule has 3 rings (SSSR count). The van der Waals surface area contributed by atoms with Crippen molar-refractivity contribution in [1.29, 1.82) is 0 Å². The Kier molecular flexibility index (Phi) is 5.74. The topological polar surface area (TPSA) is 51.2 Å². The second-order valence-corrected chi connectivity index (χ2v) is 7.27. The highest BCUT2D eigenvalue weighted by Crippen LogP contribution is 2.36. The number of amides is 1. The maximum absolute atomic E-state index is 12.0. The number of benzene rings is 1. The molecule has 2 aromatic rings. The zero-order chi connectivity index (χ0) is 16.9. The molecule has 1 aromatic heterocycles. The highest BCUT2D eigenvalue weighted by atomic mass is 35.5. The lowest BCUT2D eigenvalue weighted by atomic mass is 10.1. The van der Waals surface area contributed by atoms with Crippen LogP contribution in [0.25, 0.3) is 10.6 Å². The predicted molar refractivity (Wildman–Crippen MR) is 98.0 cm³/mol. The molecule has 1 aliphatic carbocycles. The van der Waals surface area contributed by atoms with E-state index in [0.717, 1.165) is 41.3 Å². The Balaban J connectivity index is 1.64. The number of hydrogen-bond donors (Lipinski definition) is 1. The molecule has 1 N–H and O–H groups in total. The molecule has 1 heterocycles. The summed E-state index contributed by atoms with van der Waals surface area (Å²) in [6.07, 6.45) is 2.39. The number of rotatable bonds is 7. The average Bonchev–Trinajstić information content (AvgIpc) is 3.15. The number of fused-ring (bicyclic) bond motifs is 1. The molecule has 0 aliphatic heterocycles. The van der Waals surface area contributed by atoms with Gasteiger partial charge in [-0.2, -0.15) is 0 Å². The molecule has 0 saturated carbocycles. The molecule has 128 valence electrons. The van der Waals surface area contributed by atoms with Gasteiger partial charge in [-0.25, -0.2) is 4.98 Å². The SMILES string of the molecule is CCNC(=O)C1Cc2nc(-c3ccc(OCCCCl)cc3)sc2C1. The van der Waals surface area contributed by atoms with Crippen LogP contribution in [0.3, 0.4) is 0 Å². The van der Waals surface area contributed by atoms with Crippen molar-refractivity contribution in [1.82, 2.24) is 10.3 Å². The quantitative estimate of drug-likeness (QED) is 0.602. The summed E-state index contributed by atoms with van der Waals surface area (Å²) in [6.45, 7) is 3.26. The van der Waals surface area contributed by atoms with Gasteiger partial charge in [-0.15, -0.1) is 22.9 Å². The molecular weight excluding hydrogens is 344 g/mol. The number of nitrogens with zero attached hydrogens (tertiary/aromatic N) is 1. The van der Waals surface area contributed by atoms with Crippen LogP contribution in [0.5, 0.6) is 5.75 Å². The number of aromatic nitrogens is 1.